The third kappa shape index (κ3) is 13.8. The largest absolute Gasteiger partial charge is 0.492 e. The van der Waals surface area contributed by atoms with E-state index in [0.29, 0.717) is 45.4 Å². The first-order valence-corrected chi connectivity index (χ1v) is 24.1. The number of benzene rings is 3. The van der Waals surface area contributed by atoms with Gasteiger partial charge in [0.15, 0.2) is 5.82 Å². The van der Waals surface area contributed by atoms with Gasteiger partial charge in [0.2, 0.25) is 23.6 Å². The molecule has 5 amide bonds. The number of fused-ring (bicyclic) bond motifs is 5. The Bertz CT molecular complexity index is 2720. The minimum atomic E-state index is -4.25. The molecule has 22 heteroatoms. The molecule has 1 aliphatic rings. The second kappa shape index (κ2) is 23.5. The van der Waals surface area contributed by atoms with Crippen molar-refractivity contribution in [2.75, 3.05) is 46.4 Å². The van der Waals surface area contributed by atoms with Crippen molar-refractivity contribution < 1.29 is 41.9 Å². The zero-order chi connectivity index (χ0) is 51.5. The number of aryl methyl sites for hydroxylation is 2. The standard InChI is InChI=1S/C48H62N12O9S/c1-27-40(28(2)56-42(55-27)31-9-12-33(13-10-31)48(4,5)6)45(63)58-36(16-20-54-70(52,66)67)47(65)60(7)41-32-11-15-39(69-23-19-51)35(26-32)34-24-30(8-14-38(34)68-22-18-50)25-37(44(62)53-21-17-49)59-43(61)29(3)57-46(41)64/h8-15,24,26,29,36-37,41,54H,16,18-23,25,50-51H2,1-7H3,(H,53,62)(H,57,64)(H,58,63)(H,59,61)(H2,52,66,67)/t29-,36-,37-,41-/m0/s1. The monoisotopic (exact) mass is 982 g/mol. The highest BCUT2D eigenvalue weighted by Gasteiger charge is 2.37. The second-order valence-corrected chi connectivity index (χ2v) is 19.1. The Morgan fingerprint density at radius 3 is 2.09 bits per heavy atom. The highest BCUT2D eigenvalue weighted by atomic mass is 32.2. The van der Waals surface area contributed by atoms with Crippen molar-refractivity contribution >= 4 is 39.7 Å². The minimum absolute atomic E-state index is 0.0411. The van der Waals surface area contributed by atoms with Crippen molar-refractivity contribution in [1.82, 2.24) is 40.9 Å². The van der Waals surface area contributed by atoms with Gasteiger partial charge in [-0.3, -0.25) is 24.0 Å². The van der Waals surface area contributed by atoms with Crippen molar-refractivity contribution in [1.29, 1.82) is 5.26 Å². The van der Waals surface area contributed by atoms with Gasteiger partial charge in [-0.15, -0.1) is 0 Å². The van der Waals surface area contributed by atoms with E-state index in [9.17, 15) is 37.7 Å². The smallest absolute Gasteiger partial charge is 0.274 e. The van der Waals surface area contributed by atoms with Crippen LogP contribution in [0.5, 0.6) is 11.5 Å². The Morgan fingerprint density at radius 2 is 1.51 bits per heavy atom. The first kappa shape index (κ1) is 53.9. The molecule has 4 atom stereocenters. The molecular formula is C48H62N12O9S. The number of rotatable bonds is 17. The lowest BCUT2D eigenvalue weighted by Gasteiger charge is -2.33. The molecule has 0 aliphatic carbocycles. The molecule has 1 aliphatic heterocycles. The Labute approximate surface area is 407 Å². The number of hydrogen-bond acceptors (Lipinski definition) is 14. The van der Waals surface area contributed by atoms with Crippen LogP contribution in [0.15, 0.2) is 60.7 Å². The van der Waals surface area contributed by atoms with Crippen LogP contribution < -0.4 is 52.1 Å². The molecule has 0 saturated heterocycles. The molecule has 0 fully saturated rings. The number of amides is 5. The van der Waals surface area contributed by atoms with Gasteiger partial charge in [-0.2, -0.15) is 13.7 Å². The van der Waals surface area contributed by atoms with Gasteiger partial charge < -0.3 is 47.1 Å². The summed E-state index contributed by atoms with van der Waals surface area (Å²) in [5.74, 6) is -2.84. The van der Waals surface area contributed by atoms with Crippen LogP contribution in [0.4, 0.5) is 0 Å². The molecule has 70 heavy (non-hydrogen) atoms. The van der Waals surface area contributed by atoms with Crippen LogP contribution in [0.1, 0.15) is 78.6 Å². The molecule has 2 heterocycles. The maximum atomic E-state index is 14.9. The van der Waals surface area contributed by atoms with E-state index in [1.54, 1.807) is 50.2 Å². The van der Waals surface area contributed by atoms with E-state index in [1.807, 2.05) is 30.3 Å². The van der Waals surface area contributed by atoms with Crippen LogP contribution in [0.3, 0.4) is 0 Å². The van der Waals surface area contributed by atoms with Crippen LogP contribution in [0, 0.1) is 25.2 Å². The predicted octanol–water partition coefficient (Wildman–Crippen LogP) is 1.07. The lowest BCUT2D eigenvalue weighted by atomic mass is 9.86. The van der Waals surface area contributed by atoms with E-state index in [4.69, 9.17) is 26.1 Å². The summed E-state index contributed by atoms with van der Waals surface area (Å²) < 4.78 is 38.3. The Balaban J connectivity index is 1.61. The van der Waals surface area contributed by atoms with Gasteiger partial charge in [-0.25, -0.2) is 19.8 Å². The number of nitriles is 1. The average Bonchev–Trinajstić information content (AvgIpc) is 3.30. The second-order valence-electron chi connectivity index (χ2n) is 17.8. The Hall–Kier alpha value is -7.03. The number of likely N-dealkylation sites (N-methyl/N-ethyl adjacent to an activating group) is 1. The summed E-state index contributed by atoms with van der Waals surface area (Å²) in [6, 6.07) is 13.9. The van der Waals surface area contributed by atoms with Crippen LogP contribution >= 0.6 is 0 Å². The number of aromatic nitrogens is 2. The van der Waals surface area contributed by atoms with Gasteiger partial charge in [0, 0.05) is 49.8 Å². The topological polar surface area (TPSA) is 329 Å². The predicted molar refractivity (Wildman–Crippen MR) is 261 cm³/mol. The maximum absolute atomic E-state index is 14.9. The Kier molecular flexibility index (Phi) is 18.1. The van der Waals surface area contributed by atoms with Crippen molar-refractivity contribution in [3.05, 3.63) is 94.3 Å². The fourth-order valence-corrected chi connectivity index (χ4v) is 8.23. The fraction of sp³-hybridized carbons (Fsp3) is 0.417. The first-order valence-electron chi connectivity index (χ1n) is 22.6. The summed E-state index contributed by atoms with van der Waals surface area (Å²) in [5.41, 5.74) is 15.7. The number of nitrogens with two attached hydrogens (primary N) is 3. The number of hydrogen-bond donors (Lipinski definition) is 8. The third-order valence-electron chi connectivity index (χ3n) is 11.4. The van der Waals surface area contributed by atoms with Gasteiger partial charge in [0.05, 0.1) is 23.0 Å². The molecule has 11 N–H and O–H groups in total. The first-order chi connectivity index (χ1) is 33.1. The zero-order valence-corrected chi connectivity index (χ0v) is 41.2. The van der Waals surface area contributed by atoms with Crippen LogP contribution in [-0.4, -0.2) is 117 Å². The summed E-state index contributed by atoms with van der Waals surface area (Å²) in [4.78, 5) is 81.4. The molecule has 4 aromatic rings. The normalized spacial score (nSPS) is 16.6. The summed E-state index contributed by atoms with van der Waals surface area (Å²) in [7, 11) is -2.93. The third-order valence-corrected chi connectivity index (χ3v) is 12.0. The summed E-state index contributed by atoms with van der Waals surface area (Å²) in [6.07, 6.45) is -0.378. The minimum Gasteiger partial charge on any atom is -0.492 e. The van der Waals surface area contributed by atoms with Crippen molar-refractivity contribution in [3.8, 4) is 40.1 Å². The number of ether oxygens (including phenoxy) is 2. The molecule has 21 nitrogen and oxygen atoms in total. The molecule has 3 aromatic carbocycles. The fourth-order valence-electron chi connectivity index (χ4n) is 7.83. The molecule has 0 spiro atoms. The van der Waals surface area contributed by atoms with E-state index in [2.05, 4.69) is 56.7 Å². The summed E-state index contributed by atoms with van der Waals surface area (Å²) >= 11 is 0. The van der Waals surface area contributed by atoms with E-state index in [1.165, 1.54) is 14.0 Å². The molecule has 4 bridgehead atoms. The molecular weight excluding hydrogens is 921 g/mol. The molecule has 0 saturated carbocycles. The average molecular weight is 983 g/mol. The van der Waals surface area contributed by atoms with Crippen LogP contribution in [0.25, 0.3) is 22.5 Å². The molecule has 1 aromatic heterocycles. The number of nitrogens with zero attached hydrogens (tertiary/aromatic N) is 4. The highest BCUT2D eigenvalue weighted by molar-refractivity contribution is 7.87. The SMILES string of the molecule is Cc1nc(-c2ccc(C(C)(C)C)cc2)nc(C)c1C(=O)N[C@@H](CCNS(N)(=O)=O)C(=O)N(C)[C@@H]1C(=O)N[C@@H](C)C(=O)N[C@H](C(=O)NCC#N)Cc2ccc(OCCN)c(c2)-c2cc1ccc2OCCN. The van der Waals surface area contributed by atoms with Gasteiger partial charge in [0.25, 0.3) is 16.1 Å². The van der Waals surface area contributed by atoms with Gasteiger partial charge in [0.1, 0.15) is 55.4 Å². The number of carbonyl (C=O) groups excluding carboxylic acids is 5. The Morgan fingerprint density at radius 1 is 0.914 bits per heavy atom. The van der Waals surface area contributed by atoms with Gasteiger partial charge >= 0.3 is 0 Å². The highest BCUT2D eigenvalue weighted by Crippen LogP contribution is 2.40. The molecule has 5 rings (SSSR count). The summed E-state index contributed by atoms with van der Waals surface area (Å²) in [6.45, 7) is 10.7. The quantitative estimate of drug-likeness (QED) is 0.0687. The van der Waals surface area contributed by atoms with E-state index >= 15 is 0 Å². The van der Waals surface area contributed by atoms with E-state index < -0.39 is 70.5 Å². The lowest BCUT2D eigenvalue weighted by Crippen LogP contribution is -2.56. The molecule has 0 unspecified atom stereocenters. The van der Waals surface area contributed by atoms with E-state index in [-0.39, 0.29) is 62.2 Å². The van der Waals surface area contributed by atoms with Crippen molar-refractivity contribution in [2.45, 2.75) is 84.0 Å². The number of nitrogens with one attached hydrogen (secondary N) is 5. The van der Waals surface area contributed by atoms with Crippen molar-refractivity contribution in [3.63, 3.8) is 0 Å². The molecule has 0 radical (unpaired) electrons. The lowest BCUT2D eigenvalue weighted by molar-refractivity contribution is -0.141. The maximum Gasteiger partial charge on any atom is 0.274 e. The summed E-state index contributed by atoms with van der Waals surface area (Å²) in [5, 5.41) is 25.0. The van der Waals surface area contributed by atoms with Gasteiger partial charge in [-0.1, -0.05) is 57.2 Å². The van der Waals surface area contributed by atoms with Crippen molar-refractivity contribution in [2.24, 2.45) is 16.6 Å². The van der Waals surface area contributed by atoms with Crippen LogP contribution in [0.2, 0.25) is 0 Å². The van der Waals surface area contributed by atoms with Crippen LogP contribution in [-0.2, 0) is 41.2 Å². The number of carbonyl (C=O) groups is 5. The molecule has 374 valence electrons. The zero-order valence-electron chi connectivity index (χ0n) is 40.3. The van der Waals surface area contributed by atoms with E-state index in [0.717, 1.165) is 16.0 Å². The van der Waals surface area contributed by atoms with Gasteiger partial charge in [-0.05, 0) is 73.6 Å².